The summed E-state index contributed by atoms with van der Waals surface area (Å²) in [4.78, 5) is 52.2. The Balaban J connectivity index is 3.41. The van der Waals surface area contributed by atoms with Gasteiger partial charge >= 0.3 is 11.9 Å². The Kier molecular flexibility index (Phi) is 11.2. The number of nitrogens with zero attached hydrogens (tertiary/aromatic N) is 1. The normalized spacial score (nSPS) is 18.3. The lowest BCUT2D eigenvalue weighted by Crippen LogP contribution is -2.64. The highest BCUT2D eigenvalue weighted by Gasteiger charge is 2.61. The number of likely N-dealkylation sites (tertiary alicyclic amines) is 1. The van der Waals surface area contributed by atoms with Crippen molar-refractivity contribution in [3.8, 4) is 0 Å². The minimum atomic E-state index is -0.906. The Morgan fingerprint density at radius 3 is 1.89 bits per heavy atom. The van der Waals surface area contributed by atoms with E-state index < -0.39 is 22.2 Å². The van der Waals surface area contributed by atoms with E-state index in [0.29, 0.717) is 12.8 Å². The van der Waals surface area contributed by atoms with Crippen LogP contribution in [0, 0.1) is 27.1 Å². The monoisotopic (exact) mass is 537 g/mol. The molecule has 0 bridgehead atoms. The number of hydrogen-bond donors (Lipinski definition) is 0. The fraction of sp³-hybridized carbons (Fsp3) is 0.871. The largest absolute Gasteiger partial charge is 0.462 e. The lowest BCUT2D eigenvalue weighted by molar-refractivity contribution is -0.185. The van der Waals surface area contributed by atoms with Gasteiger partial charge in [-0.15, -0.1) is 0 Å². The van der Waals surface area contributed by atoms with Gasteiger partial charge in [-0.05, 0) is 54.8 Å². The molecule has 0 saturated carbocycles. The molecule has 0 aromatic carbocycles. The number of carbonyl (C=O) groups is 4. The Morgan fingerprint density at radius 2 is 1.39 bits per heavy atom. The van der Waals surface area contributed by atoms with Gasteiger partial charge in [0, 0.05) is 19.0 Å². The predicted molar refractivity (Wildman–Crippen MR) is 150 cm³/mol. The van der Waals surface area contributed by atoms with E-state index in [1.54, 1.807) is 0 Å². The smallest absolute Gasteiger partial charge is 0.313 e. The molecule has 7 nitrogen and oxygen atoms in total. The summed E-state index contributed by atoms with van der Waals surface area (Å²) < 4.78 is 10.8. The van der Waals surface area contributed by atoms with E-state index in [1.165, 1.54) is 6.92 Å². The first-order valence-corrected chi connectivity index (χ1v) is 14.2. The lowest BCUT2D eigenvalue weighted by Gasteiger charge is -2.60. The Morgan fingerprint density at radius 1 is 0.842 bits per heavy atom. The van der Waals surface area contributed by atoms with Crippen molar-refractivity contribution in [1.29, 1.82) is 0 Å². The molecule has 7 heteroatoms. The molecule has 1 aliphatic rings. The molecule has 0 aliphatic carbocycles. The minimum Gasteiger partial charge on any atom is -0.462 e. The molecule has 0 aromatic rings. The zero-order valence-electron chi connectivity index (χ0n) is 26.3. The molecule has 1 fully saturated rings. The topological polar surface area (TPSA) is 90.0 Å². The van der Waals surface area contributed by atoms with Crippen LogP contribution in [0.4, 0.5) is 0 Å². The van der Waals surface area contributed by atoms with Gasteiger partial charge in [0.15, 0.2) is 0 Å². The minimum absolute atomic E-state index is 0.0774. The highest BCUT2D eigenvalue weighted by Crippen LogP contribution is 2.60. The molecular weight excluding hydrogens is 482 g/mol. The summed E-state index contributed by atoms with van der Waals surface area (Å²) in [6, 6.07) is -0.102. The molecule has 1 heterocycles. The molecule has 0 radical (unpaired) electrons. The third kappa shape index (κ3) is 8.29. The van der Waals surface area contributed by atoms with E-state index in [9.17, 15) is 19.2 Å². The van der Waals surface area contributed by atoms with Crippen molar-refractivity contribution in [3.63, 3.8) is 0 Å². The van der Waals surface area contributed by atoms with E-state index in [2.05, 4.69) is 74.1 Å². The van der Waals surface area contributed by atoms with Crippen molar-refractivity contribution in [2.75, 3.05) is 19.8 Å². The maximum Gasteiger partial charge on any atom is 0.313 e. The van der Waals surface area contributed by atoms with Crippen molar-refractivity contribution in [2.45, 2.75) is 128 Å². The third-order valence-corrected chi connectivity index (χ3v) is 8.72. The van der Waals surface area contributed by atoms with Gasteiger partial charge in [-0.2, -0.15) is 0 Å². The second-order valence-corrected chi connectivity index (χ2v) is 14.8. The molecule has 2 atom stereocenters. The first-order valence-electron chi connectivity index (χ1n) is 14.2. The molecule has 0 aromatic heterocycles. The molecule has 1 rings (SSSR count). The Hall–Kier alpha value is -1.92. The van der Waals surface area contributed by atoms with Crippen LogP contribution < -0.4 is 0 Å². The third-order valence-electron chi connectivity index (χ3n) is 8.72. The first-order chi connectivity index (χ1) is 17.1. The van der Waals surface area contributed by atoms with Gasteiger partial charge in [-0.1, -0.05) is 75.7 Å². The van der Waals surface area contributed by atoms with Crippen LogP contribution in [0.5, 0.6) is 0 Å². The van der Waals surface area contributed by atoms with Gasteiger partial charge in [0.25, 0.3) is 0 Å². The van der Waals surface area contributed by atoms with Gasteiger partial charge in [0.2, 0.25) is 5.91 Å². The van der Waals surface area contributed by atoms with E-state index in [-0.39, 0.29) is 54.2 Å². The van der Waals surface area contributed by atoms with Crippen LogP contribution in [-0.2, 0) is 28.7 Å². The van der Waals surface area contributed by atoms with Gasteiger partial charge < -0.3 is 14.4 Å². The number of esters is 2. The quantitative estimate of drug-likeness (QED) is 0.173. The number of carbonyl (C=O) groups excluding carboxylic acids is 4. The van der Waals surface area contributed by atoms with Crippen molar-refractivity contribution in [3.05, 3.63) is 0 Å². The molecule has 1 saturated heterocycles. The first kappa shape index (κ1) is 34.1. The molecule has 1 aliphatic heterocycles. The van der Waals surface area contributed by atoms with Crippen molar-refractivity contribution in [1.82, 2.24) is 4.90 Å². The van der Waals surface area contributed by atoms with Crippen LogP contribution in [0.25, 0.3) is 0 Å². The molecule has 1 amide bonds. The summed E-state index contributed by atoms with van der Waals surface area (Å²) in [5.41, 5.74) is -2.38. The number of amides is 1. The summed E-state index contributed by atoms with van der Waals surface area (Å²) in [5.74, 6) is -1.05. The van der Waals surface area contributed by atoms with Crippen LogP contribution in [0.2, 0.25) is 0 Å². The second kappa shape index (κ2) is 12.5. The highest BCUT2D eigenvalue weighted by molar-refractivity contribution is 5.94. The molecule has 38 heavy (non-hydrogen) atoms. The molecule has 220 valence electrons. The second-order valence-electron chi connectivity index (χ2n) is 14.8. The van der Waals surface area contributed by atoms with Crippen LogP contribution >= 0.6 is 0 Å². The molecule has 0 spiro atoms. The van der Waals surface area contributed by atoms with Crippen LogP contribution in [0.15, 0.2) is 0 Å². The maximum atomic E-state index is 13.9. The van der Waals surface area contributed by atoms with Crippen LogP contribution in [-0.4, -0.2) is 54.3 Å². The number of ether oxygens (including phenoxy) is 2. The van der Waals surface area contributed by atoms with E-state index in [0.717, 1.165) is 25.8 Å². The summed E-state index contributed by atoms with van der Waals surface area (Å²) in [6.45, 7) is 25.4. The van der Waals surface area contributed by atoms with E-state index in [4.69, 9.17) is 9.47 Å². The molecule has 2 unspecified atom stereocenters. The predicted octanol–water partition coefficient (Wildman–Crippen LogP) is 6.36. The van der Waals surface area contributed by atoms with Gasteiger partial charge in [-0.3, -0.25) is 19.2 Å². The van der Waals surface area contributed by atoms with Crippen molar-refractivity contribution < 1.29 is 28.7 Å². The fourth-order valence-corrected chi connectivity index (χ4v) is 6.58. The summed E-state index contributed by atoms with van der Waals surface area (Å²) in [5, 5.41) is 0. The number of hydrogen-bond acceptors (Lipinski definition) is 6. The number of ketones is 1. The number of rotatable bonds is 11. The van der Waals surface area contributed by atoms with Crippen molar-refractivity contribution in [2.24, 2.45) is 27.1 Å². The van der Waals surface area contributed by atoms with Crippen LogP contribution in [0.3, 0.4) is 0 Å². The van der Waals surface area contributed by atoms with Gasteiger partial charge in [0.05, 0.1) is 5.41 Å². The standard InChI is InChI=1S/C31H55NO6/c1-22(33)20-24(35)37-18-19-38-26(36)31(12,21-27(2,3)4)30(10,11)29(8,9)25(28(5,6)7)32-17-15-13-14-16-23(32)34/h25H,13-21H2,1-12H3. The average Bonchev–Trinajstić information content (AvgIpc) is 2.92. The van der Waals surface area contributed by atoms with Crippen molar-refractivity contribution >= 4 is 23.6 Å². The zero-order chi connectivity index (χ0) is 29.7. The summed E-state index contributed by atoms with van der Waals surface area (Å²) >= 11 is 0. The Labute approximate surface area is 231 Å². The summed E-state index contributed by atoms with van der Waals surface area (Å²) in [7, 11) is 0. The number of Topliss-reactive ketones (excluding diaryl/α,β-unsaturated/α-hetero) is 1. The fourth-order valence-electron chi connectivity index (χ4n) is 6.58. The Bertz CT molecular complexity index is 861. The molecule has 0 N–H and O–H groups in total. The zero-order valence-corrected chi connectivity index (χ0v) is 26.3. The lowest BCUT2D eigenvalue weighted by atomic mass is 9.47. The van der Waals surface area contributed by atoms with E-state index >= 15 is 0 Å². The highest BCUT2D eigenvalue weighted by atomic mass is 16.6. The average molecular weight is 538 g/mol. The van der Waals surface area contributed by atoms with Crippen LogP contribution in [0.1, 0.15) is 122 Å². The maximum absolute atomic E-state index is 13.9. The molecular formula is C31H55NO6. The van der Waals surface area contributed by atoms with Gasteiger partial charge in [-0.25, -0.2) is 0 Å². The SMILES string of the molecule is CC(=O)CC(=O)OCCOC(=O)C(C)(CC(C)(C)C)C(C)(C)C(C)(C)C(N1CCCCCC1=O)C(C)(C)C. The van der Waals surface area contributed by atoms with Gasteiger partial charge in [0.1, 0.15) is 25.4 Å². The van der Waals surface area contributed by atoms with E-state index in [1.807, 2.05) is 6.92 Å². The summed E-state index contributed by atoms with van der Waals surface area (Å²) in [6.07, 6.45) is 3.80.